The second kappa shape index (κ2) is 5.79. The largest absolute Gasteiger partial charge is 0.480 e. The molecule has 0 saturated heterocycles. The first kappa shape index (κ1) is 12.8. The molecule has 0 saturated carbocycles. The molecule has 0 amide bonds. The van der Waals surface area contributed by atoms with E-state index in [1.165, 1.54) is 0 Å². The molecule has 0 atom stereocenters. The Morgan fingerprint density at radius 1 is 1.61 bits per heavy atom. The average Bonchev–Trinajstić information content (AvgIpc) is 2.97. The molecule has 96 valence electrons. The van der Waals surface area contributed by atoms with Crippen molar-refractivity contribution in [1.82, 2.24) is 9.88 Å². The number of rotatable bonds is 6. The fraction of sp³-hybridized carbons (Fsp3) is 0.333. The van der Waals surface area contributed by atoms with Crippen molar-refractivity contribution < 1.29 is 14.3 Å². The maximum absolute atomic E-state index is 10.7. The van der Waals surface area contributed by atoms with Crippen molar-refractivity contribution in [2.24, 2.45) is 0 Å². The van der Waals surface area contributed by atoms with E-state index in [1.54, 1.807) is 22.5 Å². The lowest BCUT2D eigenvalue weighted by molar-refractivity contribution is -0.138. The Morgan fingerprint density at radius 2 is 2.44 bits per heavy atom. The second-order valence-electron chi connectivity index (χ2n) is 3.82. The van der Waals surface area contributed by atoms with Gasteiger partial charge in [-0.05, 0) is 18.0 Å². The van der Waals surface area contributed by atoms with Gasteiger partial charge >= 0.3 is 5.97 Å². The van der Waals surface area contributed by atoms with E-state index in [0.29, 0.717) is 19.0 Å². The summed E-state index contributed by atoms with van der Waals surface area (Å²) in [7, 11) is 0. The van der Waals surface area contributed by atoms with Gasteiger partial charge in [0.25, 0.3) is 0 Å². The number of likely N-dealkylation sites (N-methyl/N-ethyl adjacent to an activating group) is 1. The summed E-state index contributed by atoms with van der Waals surface area (Å²) in [6, 6.07) is 3.88. The number of thiophene rings is 1. The maximum Gasteiger partial charge on any atom is 0.317 e. The maximum atomic E-state index is 10.7. The van der Waals surface area contributed by atoms with E-state index in [2.05, 4.69) is 4.98 Å². The molecule has 5 nitrogen and oxygen atoms in total. The smallest absolute Gasteiger partial charge is 0.317 e. The van der Waals surface area contributed by atoms with Gasteiger partial charge in [0.15, 0.2) is 0 Å². The number of aromatic nitrogens is 1. The van der Waals surface area contributed by atoms with Crippen LogP contribution in [0.15, 0.2) is 28.2 Å². The summed E-state index contributed by atoms with van der Waals surface area (Å²) in [6.07, 6.45) is 1.58. The molecule has 0 aliphatic rings. The number of hydrogen-bond donors (Lipinski definition) is 1. The summed E-state index contributed by atoms with van der Waals surface area (Å²) in [5.41, 5.74) is 0.751. The monoisotopic (exact) mass is 266 g/mol. The molecule has 0 radical (unpaired) electrons. The summed E-state index contributed by atoms with van der Waals surface area (Å²) < 4.78 is 5.38. The molecule has 18 heavy (non-hydrogen) atoms. The van der Waals surface area contributed by atoms with E-state index in [4.69, 9.17) is 9.52 Å². The number of nitrogens with zero attached hydrogens (tertiary/aromatic N) is 2. The van der Waals surface area contributed by atoms with Gasteiger partial charge < -0.3 is 9.52 Å². The van der Waals surface area contributed by atoms with Crippen LogP contribution < -0.4 is 0 Å². The molecule has 2 aromatic heterocycles. The summed E-state index contributed by atoms with van der Waals surface area (Å²) in [4.78, 5) is 17.8. The number of aliphatic carboxylic acids is 1. The van der Waals surface area contributed by atoms with Crippen LogP contribution in [-0.4, -0.2) is 34.0 Å². The molecular weight excluding hydrogens is 252 g/mol. The van der Waals surface area contributed by atoms with Gasteiger partial charge in [0.2, 0.25) is 5.89 Å². The van der Waals surface area contributed by atoms with Crippen molar-refractivity contribution in [1.29, 1.82) is 0 Å². The first-order chi connectivity index (χ1) is 8.69. The molecule has 2 rings (SSSR count). The molecule has 1 N–H and O–H groups in total. The van der Waals surface area contributed by atoms with E-state index >= 15 is 0 Å². The summed E-state index contributed by atoms with van der Waals surface area (Å²) >= 11 is 1.56. The highest BCUT2D eigenvalue weighted by Crippen LogP contribution is 2.23. The Bertz CT molecular complexity index is 507. The number of carboxylic acids is 1. The predicted octanol–water partition coefficient (Wildman–Crippen LogP) is 2.31. The molecular formula is C12H14N2O3S. The molecule has 0 fully saturated rings. The van der Waals surface area contributed by atoms with Crippen LogP contribution >= 0.6 is 11.3 Å². The van der Waals surface area contributed by atoms with Gasteiger partial charge in [-0.2, -0.15) is 0 Å². The second-order valence-corrected chi connectivity index (χ2v) is 4.77. The zero-order chi connectivity index (χ0) is 13.0. The Hall–Kier alpha value is -1.66. The van der Waals surface area contributed by atoms with Gasteiger partial charge in [0.1, 0.15) is 6.26 Å². The minimum absolute atomic E-state index is 0.0116. The molecule has 0 aliphatic heterocycles. The van der Waals surface area contributed by atoms with Crippen molar-refractivity contribution in [2.75, 3.05) is 13.1 Å². The molecule has 2 aromatic rings. The number of carboxylic acid groups (broad SMARTS) is 1. The Kier molecular flexibility index (Phi) is 4.11. The van der Waals surface area contributed by atoms with Gasteiger partial charge in [0.05, 0.1) is 17.1 Å². The fourth-order valence-electron chi connectivity index (χ4n) is 1.59. The van der Waals surface area contributed by atoms with Crippen molar-refractivity contribution >= 4 is 17.3 Å². The van der Waals surface area contributed by atoms with Crippen LogP contribution in [0.25, 0.3) is 10.8 Å². The highest BCUT2D eigenvalue weighted by Gasteiger charge is 2.12. The first-order valence-electron chi connectivity index (χ1n) is 5.61. The van der Waals surface area contributed by atoms with Crippen LogP contribution in [0.2, 0.25) is 0 Å². The zero-order valence-corrected chi connectivity index (χ0v) is 10.8. The zero-order valence-electron chi connectivity index (χ0n) is 10.00. The van der Waals surface area contributed by atoms with E-state index in [-0.39, 0.29) is 6.54 Å². The molecule has 0 spiro atoms. The highest BCUT2D eigenvalue weighted by molar-refractivity contribution is 7.13. The fourth-order valence-corrected chi connectivity index (χ4v) is 2.25. The highest BCUT2D eigenvalue weighted by atomic mass is 32.1. The Morgan fingerprint density at radius 3 is 3.06 bits per heavy atom. The van der Waals surface area contributed by atoms with Gasteiger partial charge in [-0.25, -0.2) is 4.98 Å². The Balaban J connectivity index is 2.04. The van der Waals surface area contributed by atoms with Crippen LogP contribution in [0.3, 0.4) is 0 Å². The topological polar surface area (TPSA) is 66.6 Å². The molecule has 0 aliphatic carbocycles. The number of oxazole rings is 1. The molecule has 6 heteroatoms. The molecule has 0 unspecified atom stereocenters. The van der Waals surface area contributed by atoms with E-state index in [1.807, 2.05) is 24.4 Å². The molecule has 2 heterocycles. The third-order valence-electron chi connectivity index (χ3n) is 2.48. The van der Waals surface area contributed by atoms with Crippen LogP contribution in [0.5, 0.6) is 0 Å². The lowest BCUT2D eigenvalue weighted by Crippen LogP contribution is -2.29. The number of hydrogen-bond acceptors (Lipinski definition) is 5. The summed E-state index contributed by atoms with van der Waals surface area (Å²) in [5, 5.41) is 10.7. The Labute approximate surface area is 109 Å². The average molecular weight is 266 g/mol. The van der Waals surface area contributed by atoms with Crippen molar-refractivity contribution in [3.05, 3.63) is 29.5 Å². The molecule has 0 aromatic carbocycles. The first-order valence-corrected chi connectivity index (χ1v) is 6.49. The summed E-state index contributed by atoms with van der Waals surface area (Å²) in [6.45, 7) is 3.08. The van der Waals surface area contributed by atoms with Gasteiger partial charge in [-0.1, -0.05) is 13.0 Å². The number of carbonyl (C=O) groups is 1. The predicted molar refractivity (Wildman–Crippen MR) is 68.4 cm³/mol. The summed E-state index contributed by atoms with van der Waals surface area (Å²) in [5.74, 6) is -0.245. The van der Waals surface area contributed by atoms with Crippen molar-refractivity contribution in [2.45, 2.75) is 13.5 Å². The van der Waals surface area contributed by atoms with E-state index < -0.39 is 5.97 Å². The standard InChI is InChI=1S/C12H14N2O3S/c1-2-14(7-11(15)16)6-9-8-17-12(13-9)10-4-3-5-18-10/h3-5,8H,2,6-7H2,1H3,(H,15,16). The van der Waals surface area contributed by atoms with E-state index in [9.17, 15) is 4.79 Å². The van der Waals surface area contributed by atoms with Crippen LogP contribution in [0.1, 0.15) is 12.6 Å². The normalized spacial score (nSPS) is 11.0. The third kappa shape index (κ3) is 3.18. The van der Waals surface area contributed by atoms with Gasteiger partial charge in [-0.3, -0.25) is 9.69 Å². The van der Waals surface area contributed by atoms with Gasteiger partial charge in [0, 0.05) is 6.54 Å². The lowest BCUT2D eigenvalue weighted by atomic mass is 10.4. The minimum atomic E-state index is -0.834. The van der Waals surface area contributed by atoms with Crippen LogP contribution in [-0.2, 0) is 11.3 Å². The SMILES string of the molecule is CCN(CC(=O)O)Cc1coc(-c2cccs2)n1. The van der Waals surface area contributed by atoms with Crippen molar-refractivity contribution in [3.8, 4) is 10.8 Å². The quantitative estimate of drug-likeness (QED) is 0.869. The third-order valence-corrected chi connectivity index (χ3v) is 3.33. The molecule has 0 bridgehead atoms. The van der Waals surface area contributed by atoms with Crippen LogP contribution in [0.4, 0.5) is 0 Å². The van der Waals surface area contributed by atoms with Crippen molar-refractivity contribution in [3.63, 3.8) is 0 Å². The lowest BCUT2D eigenvalue weighted by Gasteiger charge is -2.15. The van der Waals surface area contributed by atoms with Crippen LogP contribution in [0, 0.1) is 0 Å². The van der Waals surface area contributed by atoms with Gasteiger partial charge in [-0.15, -0.1) is 11.3 Å². The van der Waals surface area contributed by atoms with E-state index in [0.717, 1.165) is 10.6 Å². The minimum Gasteiger partial charge on any atom is -0.480 e.